The summed E-state index contributed by atoms with van der Waals surface area (Å²) in [5.41, 5.74) is 0. The van der Waals surface area contributed by atoms with Gasteiger partial charge in [0.2, 0.25) is 0 Å². The molecule has 0 aliphatic heterocycles. The molecule has 6 heteroatoms. The van der Waals surface area contributed by atoms with Gasteiger partial charge in [-0.2, -0.15) is 0 Å². The quantitative estimate of drug-likeness (QED) is 0.0261. The largest absolute Gasteiger partial charge is 0.462 e. The number of allylic oxidation sites excluding steroid dienone is 12. The fourth-order valence-electron chi connectivity index (χ4n) is 9.31. The molecule has 0 amide bonds. The van der Waals surface area contributed by atoms with Crippen LogP contribution in [0.5, 0.6) is 0 Å². The number of carbonyl (C=O) groups excluding carboxylic acids is 3. The Hall–Kier alpha value is -3.15. The molecule has 0 saturated carbocycles. The van der Waals surface area contributed by atoms with Gasteiger partial charge in [-0.05, 0) is 109 Å². The van der Waals surface area contributed by atoms with Crippen LogP contribution in [0.4, 0.5) is 0 Å². The summed E-state index contributed by atoms with van der Waals surface area (Å²) in [6, 6.07) is 0. The summed E-state index contributed by atoms with van der Waals surface area (Å²) in [6.45, 7) is 6.53. The third kappa shape index (κ3) is 61.6. The van der Waals surface area contributed by atoms with E-state index in [1.807, 2.05) is 0 Å². The number of esters is 3. The van der Waals surface area contributed by atoms with Crippen LogP contribution in [0.15, 0.2) is 72.9 Å². The van der Waals surface area contributed by atoms with Crippen LogP contribution in [0, 0.1) is 0 Å². The van der Waals surface area contributed by atoms with Gasteiger partial charge in [-0.15, -0.1) is 0 Å². The molecule has 0 aromatic heterocycles. The summed E-state index contributed by atoms with van der Waals surface area (Å²) < 4.78 is 16.9. The van der Waals surface area contributed by atoms with Crippen molar-refractivity contribution >= 4 is 17.9 Å². The normalized spacial score (nSPS) is 12.5. The minimum atomic E-state index is -0.787. The number of carbonyl (C=O) groups is 3. The molecule has 0 bridgehead atoms. The maximum Gasteiger partial charge on any atom is 0.306 e. The zero-order valence-electron chi connectivity index (χ0n) is 49.8. The average molecular weight is 1050 g/mol. The molecule has 0 aromatic carbocycles. The van der Waals surface area contributed by atoms with E-state index in [-0.39, 0.29) is 31.1 Å². The molecule has 0 radical (unpaired) electrons. The molecule has 6 nitrogen and oxygen atoms in total. The summed E-state index contributed by atoms with van der Waals surface area (Å²) in [4.78, 5) is 38.3. The number of hydrogen-bond donors (Lipinski definition) is 0. The smallest absolute Gasteiger partial charge is 0.306 e. The second-order valence-electron chi connectivity index (χ2n) is 21.6. The Bertz CT molecular complexity index is 1390. The lowest BCUT2D eigenvalue weighted by atomic mass is 10.0. The first-order valence-corrected chi connectivity index (χ1v) is 32.4. The van der Waals surface area contributed by atoms with Crippen LogP contribution >= 0.6 is 0 Å². The Morgan fingerprint density at radius 1 is 0.280 bits per heavy atom. The zero-order chi connectivity index (χ0) is 54.3. The summed E-state index contributed by atoms with van der Waals surface area (Å²) in [7, 11) is 0. The molecule has 75 heavy (non-hydrogen) atoms. The van der Waals surface area contributed by atoms with Gasteiger partial charge in [-0.1, -0.05) is 273 Å². The Balaban J connectivity index is 4.30. The highest BCUT2D eigenvalue weighted by atomic mass is 16.6. The third-order valence-corrected chi connectivity index (χ3v) is 14.2. The fraction of sp³-hybridized carbons (Fsp3) is 0.783. The maximum absolute atomic E-state index is 12.9. The molecular formula is C69H122O6. The first-order valence-electron chi connectivity index (χ1n) is 32.4. The molecule has 0 N–H and O–H groups in total. The van der Waals surface area contributed by atoms with Crippen molar-refractivity contribution in [1.29, 1.82) is 0 Å². The van der Waals surface area contributed by atoms with E-state index in [0.29, 0.717) is 19.3 Å². The first kappa shape index (κ1) is 71.8. The van der Waals surface area contributed by atoms with Gasteiger partial charge in [0.15, 0.2) is 6.10 Å². The summed E-state index contributed by atoms with van der Waals surface area (Å²) in [5.74, 6) is -0.892. The van der Waals surface area contributed by atoms with Crippen molar-refractivity contribution in [2.45, 2.75) is 335 Å². The Labute approximate surface area is 465 Å². The van der Waals surface area contributed by atoms with E-state index < -0.39 is 6.10 Å². The molecular weight excluding hydrogens is 925 g/mol. The first-order chi connectivity index (χ1) is 37.0. The summed E-state index contributed by atoms with van der Waals surface area (Å²) in [5, 5.41) is 0. The van der Waals surface area contributed by atoms with Crippen LogP contribution in [0.25, 0.3) is 0 Å². The van der Waals surface area contributed by atoms with Crippen LogP contribution in [0.1, 0.15) is 329 Å². The van der Waals surface area contributed by atoms with Crippen LogP contribution in [0.3, 0.4) is 0 Å². The van der Waals surface area contributed by atoms with E-state index in [1.54, 1.807) is 0 Å². The molecule has 1 atom stereocenters. The van der Waals surface area contributed by atoms with Crippen molar-refractivity contribution < 1.29 is 28.6 Å². The lowest BCUT2D eigenvalue weighted by molar-refractivity contribution is -0.167. The Morgan fingerprint density at radius 3 is 0.840 bits per heavy atom. The van der Waals surface area contributed by atoms with Crippen LogP contribution in [-0.4, -0.2) is 37.2 Å². The average Bonchev–Trinajstić information content (AvgIpc) is 3.41. The second-order valence-corrected chi connectivity index (χ2v) is 21.6. The SMILES string of the molecule is CC/C=C\C/C=C\C/C=C\C/C=C\CCCCCCCCC(=O)OC(COC(=O)CCCCCCC/C=C\CCCCCC)COC(=O)CCCCCCCCCCCCCCC/C=C\CCCCCCCCCC. The maximum atomic E-state index is 12.9. The van der Waals surface area contributed by atoms with Gasteiger partial charge in [0, 0.05) is 19.3 Å². The topological polar surface area (TPSA) is 78.9 Å². The van der Waals surface area contributed by atoms with Crippen molar-refractivity contribution in [3.8, 4) is 0 Å². The van der Waals surface area contributed by atoms with Crippen molar-refractivity contribution in [2.24, 2.45) is 0 Å². The monoisotopic (exact) mass is 1050 g/mol. The molecule has 0 rings (SSSR count). The number of rotatable bonds is 59. The predicted molar refractivity (Wildman–Crippen MR) is 325 cm³/mol. The van der Waals surface area contributed by atoms with Gasteiger partial charge < -0.3 is 14.2 Å². The van der Waals surface area contributed by atoms with Crippen LogP contribution in [-0.2, 0) is 28.6 Å². The van der Waals surface area contributed by atoms with Gasteiger partial charge in [0.25, 0.3) is 0 Å². The lowest BCUT2D eigenvalue weighted by Crippen LogP contribution is -2.30. The van der Waals surface area contributed by atoms with E-state index >= 15 is 0 Å². The van der Waals surface area contributed by atoms with E-state index in [2.05, 4.69) is 93.7 Å². The van der Waals surface area contributed by atoms with Gasteiger partial charge in [-0.3, -0.25) is 14.4 Å². The van der Waals surface area contributed by atoms with Crippen molar-refractivity contribution in [2.75, 3.05) is 13.2 Å². The highest BCUT2D eigenvalue weighted by molar-refractivity contribution is 5.71. The third-order valence-electron chi connectivity index (χ3n) is 14.2. The summed E-state index contributed by atoms with van der Waals surface area (Å²) in [6.07, 6.45) is 82.0. The molecule has 434 valence electrons. The van der Waals surface area contributed by atoms with Gasteiger partial charge in [-0.25, -0.2) is 0 Å². The molecule has 0 aliphatic rings. The number of ether oxygens (including phenoxy) is 3. The molecule has 0 spiro atoms. The van der Waals surface area contributed by atoms with Crippen molar-refractivity contribution in [1.82, 2.24) is 0 Å². The second kappa shape index (κ2) is 63.4. The van der Waals surface area contributed by atoms with E-state index in [0.717, 1.165) is 103 Å². The standard InChI is InChI=1S/C69H122O6/c1-4-7-10-13-16-19-22-25-27-29-31-32-33-34-35-36-38-39-41-44-47-50-53-56-59-62-68(71)74-65-66(64-73-67(70)61-58-55-52-49-46-43-24-21-18-15-12-9-6-3)75-69(72)63-60-57-54-51-48-45-42-40-37-30-28-26-23-20-17-14-11-8-5-2/h8,11,17,20-21,24,26,28-29,31,37,40,66H,4-7,9-10,12-16,18-19,22-23,25,27,30,32-36,38-39,41-65H2,1-3H3/b11-8-,20-17-,24-21-,28-26-,31-29-,40-37-. The highest BCUT2D eigenvalue weighted by Crippen LogP contribution is 2.17. The summed E-state index contributed by atoms with van der Waals surface area (Å²) >= 11 is 0. The number of unbranched alkanes of at least 4 members (excludes halogenated alkanes) is 36. The Kier molecular flexibility index (Phi) is 60.7. The molecule has 0 aromatic rings. The van der Waals surface area contributed by atoms with Gasteiger partial charge in [0.05, 0.1) is 0 Å². The van der Waals surface area contributed by atoms with E-state index in [9.17, 15) is 14.4 Å². The predicted octanol–water partition coefficient (Wildman–Crippen LogP) is 22.1. The van der Waals surface area contributed by atoms with E-state index in [1.165, 1.54) is 186 Å². The molecule has 0 heterocycles. The van der Waals surface area contributed by atoms with Crippen LogP contribution < -0.4 is 0 Å². The molecule has 1 unspecified atom stereocenters. The minimum absolute atomic E-state index is 0.0822. The highest BCUT2D eigenvalue weighted by Gasteiger charge is 2.19. The van der Waals surface area contributed by atoms with Crippen molar-refractivity contribution in [3.05, 3.63) is 72.9 Å². The Morgan fingerprint density at radius 2 is 0.520 bits per heavy atom. The molecule has 0 saturated heterocycles. The molecule has 0 aliphatic carbocycles. The lowest BCUT2D eigenvalue weighted by Gasteiger charge is -2.18. The van der Waals surface area contributed by atoms with E-state index in [4.69, 9.17) is 14.2 Å². The molecule has 0 fully saturated rings. The van der Waals surface area contributed by atoms with Gasteiger partial charge >= 0.3 is 17.9 Å². The zero-order valence-corrected chi connectivity index (χ0v) is 49.8. The number of hydrogen-bond acceptors (Lipinski definition) is 6. The van der Waals surface area contributed by atoms with Crippen LogP contribution in [0.2, 0.25) is 0 Å². The minimum Gasteiger partial charge on any atom is -0.462 e. The fourth-order valence-corrected chi connectivity index (χ4v) is 9.31. The van der Waals surface area contributed by atoms with Crippen molar-refractivity contribution in [3.63, 3.8) is 0 Å². The van der Waals surface area contributed by atoms with Gasteiger partial charge in [0.1, 0.15) is 13.2 Å².